The Kier molecular flexibility index (Phi) is 5.30. The molecule has 2 amide bonds. The third-order valence-electron chi connectivity index (χ3n) is 5.08. The summed E-state index contributed by atoms with van der Waals surface area (Å²) in [6.07, 6.45) is 7.76. The van der Waals surface area contributed by atoms with Crippen LogP contribution in [0.4, 0.5) is 10.2 Å². The van der Waals surface area contributed by atoms with Gasteiger partial charge < -0.3 is 4.90 Å². The Bertz CT molecular complexity index is 1100. The van der Waals surface area contributed by atoms with Gasteiger partial charge in [-0.2, -0.15) is 5.10 Å². The van der Waals surface area contributed by atoms with Gasteiger partial charge >= 0.3 is 0 Å². The van der Waals surface area contributed by atoms with Crippen LogP contribution in [-0.2, 0) is 4.79 Å². The maximum absolute atomic E-state index is 13.7. The highest BCUT2D eigenvalue weighted by molar-refractivity contribution is 6.00. The molecule has 1 fully saturated rings. The predicted molar refractivity (Wildman–Crippen MR) is 107 cm³/mol. The molecule has 1 unspecified atom stereocenters. The Labute approximate surface area is 172 Å². The zero-order chi connectivity index (χ0) is 21.3. The van der Waals surface area contributed by atoms with E-state index >= 15 is 0 Å². The van der Waals surface area contributed by atoms with E-state index in [1.165, 1.54) is 23.0 Å². The molecule has 3 aromatic rings. The molecule has 0 radical (unpaired) electrons. The van der Waals surface area contributed by atoms with Crippen LogP contribution in [-0.4, -0.2) is 37.9 Å². The van der Waals surface area contributed by atoms with Crippen molar-refractivity contribution in [3.63, 3.8) is 0 Å². The van der Waals surface area contributed by atoms with Crippen LogP contribution in [0.1, 0.15) is 48.7 Å². The van der Waals surface area contributed by atoms with Gasteiger partial charge in [-0.3, -0.25) is 25.4 Å². The summed E-state index contributed by atoms with van der Waals surface area (Å²) in [6.45, 7) is 4.21. The first-order valence-corrected chi connectivity index (χ1v) is 9.75. The number of rotatable bonds is 4. The van der Waals surface area contributed by atoms with Crippen LogP contribution in [0.3, 0.4) is 0 Å². The second-order valence-corrected chi connectivity index (χ2v) is 7.50. The normalized spacial score (nSPS) is 16.3. The molecule has 0 spiro atoms. The van der Waals surface area contributed by atoms with Gasteiger partial charge in [-0.15, -0.1) is 0 Å². The van der Waals surface area contributed by atoms with E-state index in [0.29, 0.717) is 11.5 Å². The average molecular weight is 411 g/mol. The van der Waals surface area contributed by atoms with E-state index in [1.807, 2.05) is 6.07 Å². The fourth-order valence-corrected chi connectivity index (χ4v) is 3.51. The Balaban J connectivity index is 1.61. The molecule has 0 aromatic carbocycles. The molecule has 0 bridgehead atoms. The minimum atomic E-state index is -0.504. The fourth-order valence-electron chi connectivity index (χ4n) is 3.51. The molecule has 1 aliphatic heterocycles. The maximum Gasteiger partial charge on any atom is 0.275 e. The third-order valence-corrected chi connectivity index (χ3v) is 5.08. The van der Waals surface area contributed by atoms with Gasteiger partial charge in [-0.1, -0.05) is 13.8 Å². The molecule has 9 nitrogen and oxygen atoms in total. The van der Waals surface area contributed by atoms with E-state index < -0.39 is 5.91 Å². The van der Waals surface area contributed by atoms with Crippen LogP contribution in [0.15, 0.2) is 36.9 Å². The lowest BCUT2D eigenvalue weighted by molar-refractivity contribution is -0.124. The summed E-state index contributed by atoms with van der Waals surface area (Å²) in [5.74, 6) is -0.771. The number of halogens is 1. The summed E-state index contributed by atoms with van der Waals surface area (Å²) >= 11 is 0. The highest BCUT2D eigenvalue weighted by atomic mass is 19.1. The molecule has 1 aliphatic rings. The van der Waals surface area contributed by atoms with Gasteiger partial charge in [0.25, 0.3) is 5.91 Å². The van der Waals surface area contributed by atoms with E-state index in [4.69, 9.17) is 0 Å². The molecule has 1 saturated heterocycles. The predicted octanol–water partition coefficient (Wildman–Crippen LogP) is 2.02. The highest BCUT2D eigenvalue weighted by Gasteiger charge is 2.28. The molecule has 30 heavy (non-hydrogen) atoms. The number of pyridine rings is 1. The molecular formula is C20H22FN7O2. The van der Waals surface area contributed by atoms with Gasteiger partial charge in [0.1, 0.15) is 17.2 Å². The summed E-state index contributed by atoms with van der Waals surface area (Å²) < 4.78 is 15.2. The molecular weight excluding hydrogens is 389 g/mol. The molecule has 1 atom stereocenters. The van der Waals surface area contributed by atoms with Crippen molar-refractivity contribution in [1.82, 2.24) is 30.4 Å². The van der Waals surface area contributed by atoms with Gasteiger partial charge in [-0.05, 0) is 30.5 Å². The zero-order valence-corrected chi connectivity index (χ0v) is 16.7. The number of hydrogen-bond acceptors (Lipinski definition) is 6. The topological polar surface area (TPSA) is 105 Å². The van der Waals surface area contributed by atoms with Gasteiger partial charge in [-0.25, -0.2) is 13.9 Å². The van der Waals surface area contributed by atoms with Gasteiger partial charge in [0.05, 0.1) is 18.4 Å². The van der Waals surface area contributed by atoms with E-state index in [-0.39, 0.29) is 29.2 Å². The molecule has 0 aliphatic carbocycles. The summed E-state index contributed by atoms with van der Waals surface area (Å²) in [5, 5.41) is 4.16. The Morgan fingerprint density at radius 3 is 2.83 bits per heavy atom. The van der Waals surface area contributed by atoms with Crippen molar-refractivity contribution in [2.75, 3.05) is 11.4 Å². The monoisotopic (exact) mass is 411 g/mol. The number of hydrazine groups is 1. The largest absolute Gasteiger partial charge is 0.349 e. The number of hydrogen-bond donors (Lipinski definition) is 2. The second-order valence-electron chi connectivity index (χ2n) is 7.50. The van der Waals surface area contributed by atoms with E-state index in [0.717, 1.165) is 24.9 Å². The SMILES string of the molecule is CC(C)C(=O)NNC(=O)c1cnn2ccc(N3CCCC3c3cncc(F)c3)nc12. The van der Waals surface area contributed by atoms with Crippen molar-refractivity contribution >= 4 is 23.3 Å². The average Bonchev–Trinajstić information content (AvgIpc) is 3.38. The number of aromatic nitrogens is 4. The van der Waals surface area contributed by atoms with Crippen molar-refractivity contribution in [2.45, 2.75) is 32.7 Å². The van der Waals surface area contributed by atoms with Crippen molar-refractivity contribution in [3.05, 3.63) is 53.9 Å². The van der Waals surface area contributed by atoms with Gasteiger partial charge in [0, 0.05) is 24.9 Å². The zero-order valence-electron chi connectivity index (χ0n) is 16.7. The number of anilines is 1. The Morgan fingerprint density at radius 2 is 2.07 bits per heavy atom. The third kappa shape index (κ3) is 3.80. The molecule has 10 heteroatoms. The minimum Gasteiger partial charge on any atom is -0.349 e. The molecule has 156 valence electrons. The second kappa shape index (κ2) is 8.05. The number of carbonyl (C=O) groups is 2. The first-order valence-electron chi connectivity index (χ1n) is 9.75. The summed E-state index contributed by atoms with van der Waals surface area (Å²) in [7, 11) is 0. The van der Waals surface area contributed by atoms with Crippen LogP contribution in [0.5, 0.6) is 0 Å². The first kappa shape index (κ1) is 19.7. The van der Waals surface area contributed by atoms with Crippen molar-refractivity contribution in [1.29, 1.82) is 0 Å². The van der Waals surface area contributed by atoms with Crippen LogP contribution >= 0.6 is 0 Å². The molecule has 3 aromatic heterocycles. The van der Waals surface area contributed by atoms with Crippen molar-refractivity contribution < 1.29 is 14.0 Å². The van der Waals surface area contributed by atoms with Gasteiger partial charge in [0.2, 0.25) is 5.91 Å². The lowest BCUT2D eigenvalue weighted by atomic mass is 10.1. The quantitative estimate of drug-likeness (QED) is 0.637. The van der Waals surface area contributed by atoms with E-state index in [1.54, 1.807) is 26.2 Å². The lowest BCUT2D eigenvalue weighted by Gasteiger charge is -2.26. The molecule has 4 heterocycles. The van der Waals surface area contributed by atoms with Crippen LogP contribution in [0.25, 0.3) is 5.65 Å². The summed E-state index contributed by atoms with van der Waals surface area (Å²) in [5.41, 5.74) is 6.17. The Hall–Kier alpha value is -3.56. The first-order chi connectivity index (χ1) is 14.4. The Morgan fingerprint density at radius 1 is 1.23 bits per heavy atom. The summed E-state index contributed by atoms with van der Waals surface area (Å²) in [6, 6.07) is 3.25. The van der Waals surface area contributed by atoms with Crippen LogP contribution in [0, 0.1) is 11.7 Å². The van der Waals surface area contributed by atoms with E-state index in [2.05, 4.69) is 30.8 Å². The van der Waals surface area contributed by atoms with E-state index in [9.17, 15) is 14.0 Å². The highest BCUT2D eigenvalue weighted by Crippen LogP contribution is 2.35. The van der Waals surface area contributed by atoms with Crippen LogP contribution < -0.4 is 15.8 Å². The summed E-state index contributed by atoms with van der Waals surface area (Å²) in [4.78, 5) is 34.9. The molecule has 2 N–H and O–H groups in total. The molecule has 4 rings (SSSR count). The number of amides is 2. The molecule has 0 saturated carbocycles. The maximum atomic E-state index is 13.7. The van der Waals surface area contributed by atoms with Crippen LogP contribution in [0.2, 0.25) is 0 Å². The van der Waals surface area contributed by atoms with Crippen molar-refractivity contribution in [3.8, 4) is 0 Å². The van der Waals surface area contributed by atoms with Gasteiger partial charge in [0.15, 0.2) is 5.65 Å². The number of nitrogens with zero attached hydrogens (tertiary/aromatic N) is 5. The fraction of sp³-hybridized carbons (Fsp3) is 0.350. The standard InChI is InChI=1S/C20H22FN7O2/c1-12(2)19(29)25-26-20(30)15-11-23-28-7-5-17(24-18(15)28)27-6-3-4-16(27)13-8-14(21)10-22-9-13/h5,7-12,16H,3-4,6H2,1-2H3,(H,25,29)(H,26,30). The van der Waals surface area contributed by atoms with Crippen molar-refractivity contribution in [2.24, 2.45) is 5.92 Å². The number of nitrogens with one attached hydrogen (secondary N) is 2. The lowest BCUT2D eigenvalue weighted by Crippen LogP contribution is -2.43. The number of carbonyl (C=O) groups excluding carboxylic acids is 2. The number of fused-ring (bicyclic) bond motifs is 1. The smallest absolute Gasteiger partial charge is 0.275 e. The minimum absolute atomic E-state index is 0.0475.